The average molecular weight is 427 g/mol. The third-order valence-electron chi connectivity index (χ3n) is 5.36. The highest BCUT2D eigenvalue weighted by Gasteiger charge is 2.20. The first-order chi connectivity index (χ1) is 15.0. The number of aromatic nitrogens is 3. The third kappa shape index (κ3) is 4.58. The lowest BCUT2D eigenvalue weighted by Crippen LogP contribution is -2.22. The number of nitrogens with zero attached hydrogens (tertiary/aromatic N) is 4. The van der Waals surface area contributed by atoms with Crippen molar-refractivity contribution in [2.24, 2.45) is 0 Å². The predicted octanol–water partition coefficient (Wildman–Crippen LogP) is 5.95. The van der Waals surface area contributed by atoms with Gasteiger partial charge in [0.2, 0.25) is 0 Å². The van der Waals surface area contributed by atoms with Crippen LogP contribution in [0.1, 0.15) is 5.56 Å². The minimum absolute atomic E-state index is 0.412. The molecule has 3 heterocycles. The molecule has 0 saturated carbocycles. The second kappa shape index (κ2) is 8.84. The van der Waals surface area contributed by atoms with E-state index in [9.17, 15) is 5.26 Å². The van der Waals surface area contributed by atoms with E-state index in [-0.39, 0.29) is 0 Å². The third-order valence-corrected chi connectivity index (χ3v) is 7.06. The quantitative estimate of drug-likeness (QED) is 0.271. The van der Waals surface area contributed by atoms with Crippen LogP contribution in [0.4, 0.5) is 0 Å². The second-order valence-corrected chi connectivity index (χ2v) is 14.4. The van der Waals surface area contributed by atoms with E-state index in [0.29, 0.717) is 12.3 Å². The van der Waals surface area contributed by atoms with Crippen molar-refractivity contribution in [1.82, 2.24) is 14.5 Å². The molecule has 0 aliphatic heterocycles. The average Bonchev–Trinajstić information content (AvgIpc) is 3.10. The molecule has 0 aliphatic rings. The summed E-state index contributed by atoms with van der Waals surface area (Å²) in [5.74, 6) is 0. The van der Waals surface area contributed by atoms with Gasteiger partial charge in [-0.05, 0) is 53.6 Å². The van der Waals surface area contributed by atoms with Crippen LogP contribution in [0.25, 0.3) is 33.3 Å². The van der Waals surface area contributed by atoms with E-state index in [1.807, 2.05) is 24.3 Å². The molecule has 0 atom stereocenters. The molecule has 0 radical (unpaired) electrons. The smallest absolute Gasteiger partial charge is 0.123 e. The van der Waals surface area contributed by atoms with E-state index in [4.69, 9.17) is 4.74 Å². The maximum Gasteiger partial charge on any atom is 0.123 e. The first kappa shape index (κ1) is 21.0. The van der Waals surface area contributed by atoms with Crippen molar-refractivity contribution in [3.8, 4) is 28.5 Å². The topological polar surface area (TPSA) is 63.7 Å². The lowest BCUT2D eigenvalue weighted by Gasteiger charge is -2.17. The van der Waals surface area contributed by atoms with Gasteiger partial charge in [-0.3, -0.25) is 9.97 Å². The standard InChI is InChI=1S/C25H26N4OSi/c1-31(2,3)15-14-30-18-29-24-5-4-21(19-6-10-27-11-7-19)16-22(24)23(17-26)25(29)20-8-12-28-13-9-20/h4-13,16H,14-15,18H2,1-3H3. The number of fused-ring (bicyclic) bond motifs is 1. The zero-order valence-electron chi connectivity index (χ0n) is 18.2. The van der Waals surface area contributed by atoms with Crippen LogP contribution in [0.15, 0.2) is 67.3 Å². The molecule has 6 heteroatoms. The Kier molecular flexibility index (Phi) is 5.98. The van der Waals surface area contributed by atoms with Crippen molar-refractivity contribution in [1.29, 1.82) is 5.26 Å². The SMILES string of the molecule is C[Si](C)(C)CCOCn1c(-c2ccncc2)c(C#N)c2cc(-c3ccncc3)ccc21. The molecule has 4 aromatic rings. The van der Waals surface area contributed by atoms with Crippen LogP contribution in [0, 0.1) is 11.3 Å². The fourth-order valence-corrected chi connectivity index (χ4v) is 4.43. The monoisotopic (exact) mass is 426 g/mol. The molecular weight excluding hydrogens is 400 g/mol. The Morgan fingerprint density at radius 1 is 0.903 bits per heavy atom. The first-order valence-electron chi connectivity index (χ1n) is 10.4. The van der Waals surface area contributed by atoms with Crippen LogP contribution >= 0.6 is 0 Å². The van der Waals surface area contributed by atoms with Crippen molar-refractivity contribution in [2.75, 3.05) is 6.61 Å². The number of rotatable bonds is 7. The molecule has 0 N–H and O–H groups in total. The summed E-state index contributed by atoms with van der Waals surface area (Å²) in [6, 6.07) is 17.7. The molecule has 0 spiro atoms. The van der Waals surface area contributed by atoms with Gasteiger partial charge in [0.25, 0.3) is 0 Å². The highest BCUT2D eigenvalue weighted by molar-refractivity contribution is 6.76. The van der Waals surface area contributed by atoms with E-state index in [1.165, 1.54) is 0 Å². The van der Waals surface area contributed by atoms with Gasteiger partial charge >= 0.3 is 0 Å². The number of hydrogen-bond acceptors (Lipinski definition) is 4. The van der Waals surface area contributed by atoms with Gasteiger partial charge in [0.15, 0.2) is 0 Å². The Balaban J connectivity index is 1.82. The molecule has 0 bridgehead atoms. The zero-order chi connectivity index (χ0) is 21.8. The highest BCUT2D eigenvalue weighted by atomic mass is 28.3. The van der Waals surface area contributed by atoms with Crippen molar-refractivity contribution in [3.05, 3.63) is 72.8 Å². The van der Waals surface area contributed by atoms with Crippen molar-refractivity contribution >= 4 is 19.0 Å². The van der Waals surface area contributed by atoms with Gasteiger partial charge in [-0.2, -0.15) is 5.26 Å². The maximum absolute atomic E-state index is 10.1. The molecule has 3 aromatic heterocycles. The lowest BCUT2D eigenvalue weighted by molar-refractivity contribution is 0.0912. The summed E-state index contributed by atoms with van der Waals surface area (Å²) in [5.41, 5.74) is 5.62. The Hall–Kier alpha value is -3.27. The second-order valence-electron chi connectivity index (χ2n) is 8.82. The van der Waals surface area contributed by atoms with E-state index < -0.39 is 8.07 Å². The van der Waals surface area contributed by atoms with Gasteiger partial charge in [0.05, 0.1) is 16.8 Å². The highest BCUT2D eigenvalue weighted by Crippen LogP contribution is 2.35. The molecule has 0 fully saturated rings. The Bertz CT molecular complexity index is 1220. The molecular formula is C25H26N4OSi. The Morgan fingerprint density at radius 2 is 1.55 bits per heavy atom. The number of ether oxygens (including phenoxy) is 1. The normalized spacial score (nSPS) is 11.5. The van der Waals surface area contributed by atoms with Gasteiger partial charge < -0.3 is 9.30 Å². The van der Waals surface area contributed by atoms with Gasteiger partial charge in [0, 0.05) is 50.4 Å². The molecule has 1 aromatic carbocycles. The van der Waals surface area contributed by atoms with E-state index in [2.05, 4.69) is 58.4 Å². The lowest BCUT2D eigenvalue weighted by atomic mass is 10.0. The van der Waals surface area contributed by atoms with E-state index in [0.717, 1.165) is 45.9 Å². The van der Waals surface area contributed by atoms with E-state index in [1.54, 1.807) is 24.8 Å². The molecule has 0 saturated heterocycles. The largest absolute Gasteiger partial charge is 0.361 e. The van der Waals surface area contributed by atoms with Gasteiger partial charge in [-0.25, -0.2) is 0 Å². The molecule has 156 valence electrons. The first-order valence-corrected chi connectivity index (χ1v) is 14.1. The summed E-state index contributed by atoms with van der Waals surface area (Å²) >= 11 is 0. The Morgan fingerprint density at radius 3 is 2.16 bits per heavy atom. The molecule has 0 aliphatic carbocycles. The fourth-order valence-electron chi connectivity index (χ4n) is 3.67. The van der Waals surface area contributed by atoms with Gasteiger partial charge in [-0.1, -0.05) is 25.7 Å². The summed E-state index contributed by atoms with van der Waals surface area (Å²) in [4.78, 5) is 8.25. The summed E-state index contributed by atoms with van der Waals surface area (Å²) in [6.07, 6.45) is 7.08. The number of nitriles is 1. The predicted molar refractivity (Wildman–Crippen MR) is 127 cm³/mol. The van der Waals surface area contributed by atoms with Crippen molar-refractivity contribution in [3.63, 3.8) is 0 Å². The molecule has 4 rings (SSSR count). The van der Waals surface area contributed by atoms with Crippen LogP contribution in [0.3, 0.4) is 0 Å². The van der Waals surface area contributed by atoms with Crippen molar-refractivity contribution < 1.29 is 4.74 Å². The van der Waals surface area contributed by atoms with Crippen LogP contribution in [0.5, 0.6) is 0 Å². The van der Waals surface area contributed by atoms with Gasteiger partial charge in [0.1, 0.15) is 12.8 Å². The van der Waals surface area contributed by atoms with E-state index >= 15 is 0 Å². The van der Waals surface area contributed by atoms with Crippen molar-refractivity contribution in [2.45, 2.75) is 32.4 Å². The minimum Gasteiger partial charge on any atom is -0.361 e. The van der Waals surface area contributed by atoms with Crippen LogP contribution in [0.2, 0.25) is 25.7 Å². The summed E-state index contributed by atoms with van der Waals surface area (Å²) in [5, 5.41) is 11.0. The van der Waals surface area contributed by atoms with Crippen LogP contribution in [-0.2, 0) is 11.5 Å². The number of benzene rings is 1. The summed E-state index contributed by atoms with van der Waals surface area (Å²) in [6.45, 7) is 8.17. The van der Waals surface area contributed by atoms with Crippen LogP contribution < -0.4 is 0 Å². The Labute approximate surface area is 184 Å². The molecule has 5 nitrogen and oxygen atoms in total. The minimum atomic E-state index is -1.17. The number of hydrogen-bond donors (Lipinski definition) is 0. The fraction of sp³-hybridized carbons (Fsp3) is 0.240. The molecule has 31 heavy (non-hydrogen) atoms. The molecule has 0 amide bonds. The molecule has 0 unspecified atom stereocenters. The summed E-state index contributed by atoms with van der Waals surface area (Å²) < 4.78 is 8.22. The zero-order valence-corrected chi connectivity index (χ0v) is 19.2. The van der Waals surface area contributed by atoms with Crippen LogP contribution in [-0.4, -0.2) is 29.2 Å². The summed E-state index contributed by atoms with van der Waals surface area (Å²) in [7, 11) is -1.17. The number of pyridine rings is 2. The van der Waals surface area contributed by atoms with Gasteiger partial charge in [-0.15, -0.1) is 0 Å². The maximum atomic E-state index is 10.1.